The van der Waals surface area contributed by atoms with Gasteiger partial charge in [0.15, 0.2) is 0 Å². The fraction of sp³-hybridized carbons (Fsp3) is 0.929. The van der Waals surface area contributed by atoms with E-state index in [1.54, 1.807) is 18.7 Å². The lowest BCUT2D eigenvalue weighted by Crippen LogP contribution is -2.38. The van der Waals surface area contributed by atoms with Gasteiger partial charge in [0.05, 0.1) is 11.9 Å². The summed E-state index contributed by atoms with van der Waals surface area (Å²) in [5.41, 5.74) is 0. The van der Waals surface area contributed by atoms with E-state index in [-0.39, 0.29) is 18.1 Å². The Morgan fingerprint density at radius 3 is 2.78 bits per heavy atom. The first-order chi connectivity index (χ1) is 8.50. The summed E-state index contributed by atoms with van der Waals surface area (Å²) in [7, 11) is 0. The Morgan fingerprint density at radius 1 is 1.44 bits per heavy atom. The predicted molar refractivity (Wildman–Crippen MR) is 77.8 cm³/mol. The first-order valence-corrected chi connectivity index (χ1v) is 8.21. The van der Waals surface area contributed by atoms with Crippen LogP contribution in [0.5, 0.6) is 0 Å². The average Bonchev–Trinajstić information content (AvgIpc) is 2.71. The summed E-state index contributed by atoms with van der Waals surface area (Å²) in [5, 5.41) is 9.44. The van der Waals surface area contributed by atoms with Crippen LogP contribution in [0.4, 0.5) is 0 Å². The molecule has 1 aliphatic rings. The highest BCUT2D eigenvalue weighted by Crippen LogP contribution is 2.22. The minimum Gasteiger partial charge on any atom is -0.393 e. The molecule has 0 radical (unpaired) electrons. The van der Waals surface area contributed by atoms with Gasteiger partial charge in [-0.05, 0) is 44.3 Å². The lowest BCUT2D eigenvalue weighted by Gasteiger charge is -2.25. The first kappa shape index (κ1) is 15.8. The van der Waals surface area contributed by atoms with Crippen molar-refractivity contribution < 1.29 is 9.90 Å². The van der Waals surface area contributed by atoms with Gasteiger partial charge < -0.3 is 10.0 Å². The highest BCUT2D eigenvalue weighted by molar-refractivity contribution is 7.99. The van der Waals surface area contributed by atoms with E-state index in [1.807, 2.05) is 4.90 Å². The number of aliphatic hydroxyl groups excluding tert-OH is 1. The average molecular weight is 273 g/mol. The Bertz CT molecular complexity index is 256. The lowest BCUT2D eigenvalue weighted by molar-refractivity contribution is -0.129. The van der Waals surface area contributed by atoms with E-state index in [4.69, 9.17) is 0 Å². The molecule has 1 rings (SSSR count). The van der Waals surface area contributed by atoms with Gasteiger partial charge in [-0.2, -0.15) is 11.8 Å². The zero-order valence-corrected chi connectivity index (χ0v) is 12.7. The normalized spacial score (nSPS) is 21.6. The maximum atomic E-state index is 12.1. The van der Waals surface area contributed by atoms with Crippen molar-refractivity contribution in [3.63, 3.8) is 0 Å². The summed E-state index contributed by atoms with van der Waals surface area (Å²) in [5.74, 6) is 2.63. The second-order valence-electron chi connectivity index (χ2n) is 5.70. The summed E-state index contributed by atoms with van der Waals surface area (Å²) >= 11 is 1.74. The van der Waals surface area contributed by atoms with Crippen molar-refractivity contribution in [2.45, 2.75) is 58.6 Å². The van der Waals surface area contributed by atoms with Gasteiger partial charge in [-0.3, -0.25) is 4.79 Å². The molecule has 0 aromatic carbocycles. The molecule has 4 heteroatoms. The monoisotopic (exact) mass is 273 g/mol. The maximum absolute atomic E-state index is 12.1. The van der Waals surface area contributed by atoms with Crippen LogP contribution in [0.3, 0.4) is 0 Å². The van der Waals surface area contributed by atoms with Crippen molar-refractivity contribution in [2.24, 2.45) is 5.92 Å². The van der Waals surface area contributed by atoms with Gasteiger partial charge in [-0.15, -0.1) is 0 Å². The van der Waals surface area contributed by atoms with E-state index in [0.717, 1.165) is 31.6 Å². The van der Waals surface area contributed by atoms with Crippen molar-refractivity contribution in [1.29, 1.82) is 0 Å². The fourth-order valence-corrected chi connectivity index (χ4v) is 3.49. The van der Waals surface area contributed by atoms with Crippen molar-refractivity contribution in [1.82, 2.24) is 4.90 Å². The summed E-state index contributed by atoms with van der Waals surface area (Å²) in [4.78, 5) is 14.1. The number of nitrogens with zero attached hydrogens (tertiary/aromatic N) is 1. The van der Waals surface area contributed by atoms with Crippen molar-refractivity contribution in [3.05, 3.63) is 0 Å². The van der Waals surface area contributed by atoms with Gasteiger partial charge in [-0.1, -0.05) is 13.8 Å². The fourth-order valence-electron chi connectivity index (χ4n) is 2.36. The number of hydrogen-bond acceptors (Lipinski definition) is 3. The number of carbonyl (C=O) groups is 1. The van der Waals surface area contributed by atoms with Crippen LogP contribution in [-0.4, -0.2) is 46.1 Å². The van der Waals surface area contributed by atoms with Gasteiger partial charge in [0, 0.05) is 12.6 Å². The predicted octanol–water partition coefficient (Wildman–Crippen LogP) is 2.53. The molecule has 0 aromatic heterocycles. The number of rotatable bonds is 7. The number of carbonyl (C=O) groups excluding carboxylic acids is 1. The second-order valence-corrected chi connectivity index (χ2v) is 6.81. The molecule has 1 N–H and O–H groups in total. The van der Waals surface area contributed by atoms with E-state index in [2.05, 4.69) is 13.8 Å². The second kappa shape index (κ2) is 8.05. The van der Waals surface area contributed by atoms with Gasteiger partial charge in [0.2, 0.25) is 5.91 Å². The minimum absolute atomic E-state index is 0.256. The molecule has 2 atom stereocenters. The largest absolute Gasteiger partial charge is 0.393 e. The summed E-state index contributed by atoms with van der Waals surface area (Å²) in [6.45, 7) is 7.10. The molecule has 2 unspecified atom stereocenters. The lowest BCUT2D eigenvalue weighted by atomic mass is 10.1. The Morgan fingerprint density at radius 2 is 2.17 bits per heavy atom. The van der Waals surface area contributed by atoms with E-state index in [0.29, 0.717) is 11.7 Å². The molecule has 0 bridgehead atoms. The number of hydrogen-bond donors (Lipinski definition) is 1. The van der Waals surface area contributed by atoms with Crippen molar-refractivity contribution >= 4 is 17.7 Å². The third-order valence-electron chi connectivity index (χ3n) is 3.38. The van der Waals surface area contributed by atoms with Gasteiger partial charge in [0.1, 0.15) is 0 Å². The molecule has 106 valence electrons. The van der Waals surface area contributed by atoms with Crippen LogP contribution in [0, 0.1) is 5.92 Å². The summed E-state index contributed by atoms with van der Waals surface area (Å²) < 4.78 is 0. The van der Waals surface area contributed by atoms with Crippen LogP contribution in [-0.2, 0) is 4.79 Å². The molecule has 0 saturated carbocycles. The Labute approximate surface area is 115 Å². The van der Waals surface area contributed by atoms with E-state index >= 15 is 0 Å². The molecule has 1 fully saturated rings. The Balaban J connectivity index is 2.27. The molecule has 1 amide bonds. The maximum Gasteiger partial charge on any atom is 0.232 e. The van der Waals surface area contributed by atoms with Gasteiger partial charge in [0.25, 0.3) is 0 Å². The summed E-state index contributed by atoms with van der Waals surface area (Å²) in [6.07, 6.45) is 3.72. The quantitative estimate of drug-likeness (QED) is 0.725. The highest BCUT2D eigenvalue weighted by atomic mass is 32.2. The minimum atomic E-state index is -0.308. The van der Waals surface area contributed by atoms with Crippen molar-refractivity contribution in [3.8, 4) is 0 Å². The van der Waals surface area contributed by atoms with Crippen LogP contribution in [0.25, 0.3) is 0 Å². The molecule has 0 aromatic rings. The molecule has 1 saturated heterocycles. The highest BCUT2D eigenvalue weighted by Gasteiger charge is 2.28. The SMILES string of the molecule is CC(C)CCSCC(=O)N1CCCC1CC(C)O. The third-order valence-corrected chi connectivity index (χ3v) is 4.35. The van der Waals surface area contributed by atoms with E-state index < -0.39 is 0 Å². The van der Waals surface area contributed by atoms with Crippen molar-refractivity contribution in [2.75, 3.05) is 18.1 Å². The van der Waals surface area contributed by atoms with Crippen LogP contribution in [0.15, 0.2) is 0 Å². The molecule has 0 spiro atoms. The standard InChI is InChI=1S/C14H27NO2S/c1-11(2)6-8-18-10-14(17)15-7-4-5-13(15)9-12(3)16/h11-13,16H,4-10H2,1-3H3. The molecule has 1 heterocycles. The van der Waals surface area contributed by atoms with Crippen LogP contribution in [0.1, 0.15) is 46.5 Å². The molecule has 1 aliphatic heterocycles. The molecule has 18 heavy (non-hydrogen) atoms. The first-order valence-electron chi connectivity index (χ1n) is 7.06. The van der Waals surface area contributed by atoms with Gasteiger partial charge >= 0.3 is 0 Å². The topological polar surface area (TPSA) is 40.5 Å². The van der Waals surface area contributed by atoms with Crippen LogP contribution in [0.2, 0.25) is 0 Å². The smallest absolute Gasteiger partial charge is 0.232 e. The molecule has 0 aliphatic carbocycles. The molecular weight excluding hydrogens is 246 g/mol. The zero-order valence-electron chi connectivity index (χ0n) is 11.9. The number of aliphatic hydroxyl groups is 1. The third kappa shape index (κ3) is 5.61. The molecule has 3 nitrogen and oxygen atoms in total. The Hall–Kier alpha value is -0.220. The Kier molecular flexibility index (Phi) is 7.08. The van der Waals surface area contributed by atoms with Crippen LogP contribution >= 0.6 is 11.8 Å². The number of amides is 1. The van der Waals surface area contributed by atoms with E-state index in [9.17, 15) is 9.90 Å². The number of likely N-dealkylation sites (tertiary alicyclic amines) is 1. The van der Waals surface area contributed by atoms with E-state index in [1.165, 1.54) is 6.42 Å². The number of thioether (sulfide) groups is 1. The van der Waals surface area contributed by atoms with Crippen LogP contribution < -0.4 is 0 Å². The molecular formula is C14H27NO2S. The zero-order chi connectivity index (χ0) is 13.5. The summed E-state index contributed by atoms with van der Waals surface area (Å²) in [6, 6.07) is 0.267. The van der Waals surface area contributed by atoms with Gasteiger partial charge in [-0.25, -0.2) is 0 Å².